The molecule has 1 amide bonds. The molecular formula is C15H25N3O. The van der Waals surface area contributed by atoms with Crippen molar-refractivity contribution < 1.29 is 4.79 Å². The highest BCUT2D eigenvalue weighted by molar-refractivity contribution is 5.93. The van der Waals surface area contributed by atoms with Crippen molar-refractivity contribution in [3.63, 3.8) is 0 Å². The predicted octanol–water partition coefficient (Wildman–Crippen LogP) is 2.16. The van der Waals surface area contributed by atoms with E-state index in [1.165, 1.54) is 5.56 Å². The number of benzene rings is 1. The quantitative estimate of drug-likeness (QED) is 0.470. The lowest BCUT2D eigenvalue weighted by Gasteiger charge is -2.28. The number of nitrogens with zero attached hydrogens (tertiary/aromatic N) is 1. The molecule has 0 radical (unpaired) electrons. The van der Waals surface area contributed by atoms with Gasteiger partial charge in [0.25, 0.3) is 5.91 Å². The van der Waals surface area contributed by atoms with Gasteiger partial charge in [0.1, 0.15) is 0 Å². The number of nitrogens with one attached hydrogen (secondary N) is 1. The third kappa shape index (κ3) is 5.01. The molecule has 0 aromatic heterocycles. The number of hydrogen-bond acceptors (Lipinski definition) is 3. The Morgan fingerprint density at radius 3 is 2.21 bits per heavy atom. The first-order valence-corrected chi connectivity index (χ1v) is 6.78. The first kappa shape index (κ1) is 15.7. The summed E-state index contributed by atoms with van der Waals surface area (Å²) in [7, 11) is 0. The summed E-state index contributed by atoms with van der Waals surface area (Å²) in [5.74, 6) is 5.50. The summed E-state index contributed by atoms with van der Waals surface area (Å²) >= 11 is 0. The van der Waals surface area contributed by atoms with Crippen molar-refractivity contribution in [2.75, 3.05) is 6.54 Å². The van der Waals surface area contributed by atoms with Crippen molar-refractivity contribution >= 4 is 5.91 Å². The van der Waals surface area contributed by atoms with Gasteiger partial charge in [-0.3, -0.25) is 15.1 Å². The van der Waals surface area contributed by atoms with Crippen molar-refractivity contribution in [2.24, 2.45) is 11.8 Å². The van der Waals surface area contributed by atoms with Gasteiger partial charge in [0.2, 0.25) is 0 Å². The smallest absolute Gasteiger partial charge is 0.265 e. The number of hydrazine groups is 1. The van der Waals surface area contributed by atoms with Crippen LogP contribution in [0.4, 0.5) is 0 Å². The molecule has 1 aromatic carbocycles. The maximum absolute atomic E-state index is 11.4. The van der Waals surface area contributed by atoms with E-state index < -0.39 is 0 Å². The fourth-order valence-corrected chi connectivity index (χ4v) is 2.01. The Hall–Kier alpha value is -1.39. The summed E-state index contributed by atoms with van der Waals surface area (Å²) in [6.45, 7) is 10.8. The average Bonchev–Trinajstić information content (AvgIpc) is 2.37. The number of amides is 1. The molecule has 0 spiro atoms. The molecule has 4 heteroatoms. The van der Waals surface area contributed by atoms with E-state index in [1.807, 2.05) is 24.3 Å². The van der Waals surface area contributed by atoms with Gasteiger partial charge in [-0.2, -0.15) is 0 Å². The monoisotopic (exact) mass is 263 g/mol. The van der Waals surface area contributed by atoms with Crippen molar-refractivity contribution in [3.05, 3.63) is 35.4 Å². The minimum Gasteiger partial charge on any atom is -0.296 e. The van der Waals surface area contributed by atoms with Crippen LogP contribution in [-0.4, -0.2) is 23.4 Å². The van der Waals surface area contributed by atoms with Gasteiger partial charge in [-0.15, -0.1) is 0 Å². The Labute approximate surface area is 115 Å². The number of hydrogen-bond donors (Lipinski definition) is 2. The van der Waals surface area contributed by atoms with Crippen molar-refractivity contribution in [3.8, 4) is 0 Å². The van der Waals surface area contributed by atoms with Gasteiger partial charge in [0, 0.05) is 24.7 Å². The summed E-state index contributed by atoms with van der Waals surface area (Å²) in [4.78, 5) is 13.8. The van der Waals surface area contributed by atoms with Crippen LogP contribution < -0.4 is 11.3 Å². The van der Waals surface area contributed by atoms with E-state index in [-0.39, 0.29) is 5.91 Å². The van der Waals surface area contributed by atoms with Crippen LogP contribution in [0.15, 0.2) is 24.3 Å². The van der Waals surface area contributed by atoms with Gasteiger partial charge in [0.05, 0.1) is 0 Å². The molecule has 0 aliphatic heterocycles. The molecule has 0 aliphatic rings. The van der Waals surface area contributed by atoms with E-state index >= 15 is 0 Å². The molecule has 0 fully saturated rings. The highest BCUT2D eigenvalue weighted by Gasteiger charge is 2.12. The maximum atomic E-state index is 11.4. The van der Waals surface area contributed by atoms with Crippen LogP contribution in [0.3, 0.4) is 0 Å². The van der Waals surface area contributed by atoms with E-state index in [0.29, 0.717) is 17.5 Å². The number of carbonyl (C=O) groups excluding carboxylic acids is 1. The van der Waals surface area contributed by atoms with Crippen LogP contribution in [0.25, 0.3) is 0 Å². The highest BCUT2D eigenvalue weighted by Crippen LogP contribution is 2.12. The molecule has 0 bridgehead atoms. The maximum Gasteiger partial charge on any atom is 0.265 e. The molecule has 1 aromatic rings. The minimum absolute atomic E-state index is 0.255. The third-order valence-corrected chi connectivity index (χ3v) is 3.06. The Morgan fingerprint density at radius 2 is 1.79 bits per heavy atom. The largest absolute Gasteiger partial charge is 0.296 e. The standard InChI is InChI=1S/C15H25N3O/c1-11(2)9-18(12(3)4)10-13-5-7-14(8-6-13)15(19)17-16/h5-8,11-12H,9-10,16H2,1-4H3,(H,17,19). The molecule has 4 nitrogen and oxygen atoms in total. The van der Waals surface area contributed by atoms with Crippen molar-refractivity contribution in [2.45, 2.75) is 40.3 Å². The second-order valence-corrected chi connectivity index (χ2v) is 5.59. The van der Waals surface area contributed by atoms with E-state index in [4.69, 9.17) is 5.84 Å². The Balaban J connectivity index is 2.72. The topological polar surface area (TPSA) is 58.4 Å². The molecule has 1 rings (SSSR count). The molecule has 0 saturated heterocycles. The van der Waals surface area contributed by atoms with Crippen molar-refractivity contribution in [1.82, 2.24) is 10.3 Å². The number of nitrogens with two attached hydrogens (primary N) is 1. The Kier molecular flexibility index (Phi) is 5.99. The third-order valence-electron chi connectivity index (χ3n) is 3.06. The van der Waals surface area contributed by atoms with Crippen LogP contribution in [0.1, 0.15) is 43.6 Å². The first-order chi connectivity index (χ1) is 8.93. The van der Waals surface area contributed by atoms with Gasteiger partial charge >= 0.3 is 0 Å². The molecule has 0 saturated carbocycles. The molecule has 3 N–H and O–H groups in total. The molecule has 0 aliphatic carbocycles. The van der Waals surface area contributed by atoms with E-state index in [2.05, 4.69) is 38.0 Å². The first-order valence-electron chi connectivity index (χ1n) is 6.78. The summed E-state index contributed by atoms with van der Waals surface area (Å²) < 4.78 is 0. The molecule has 0 heterocycles. The molecule has 0 atom stereocenters. The number of rotatable bonds is 6. The molecule has 19 heavy (non-hydrogen) atoms. The molecule has 106 valence electrons. The van der Waals surface area contributed by atoms with Gasteiger partial charge in [0.15, 0.2) is 0 Å². The molecule has 0 unspecified atom stereocenters. The van der Waals surface area contributed by atoms with Crippen molar-refractivity contribution in [1.29, 1.82) is 0 Å². The van der Waals surface area contributed by atoms with Gasteiger partial charge < -0.3 is 0 Å². The fourth-order valence-electron chi connectivity index (χ4n) is 2.01. The fraction of sp³-hybridized carbons (Fsp3) is 0.533. The lowest BCUT2D eigenvalue weighted by molar-refractivity contribution is 0.0953. The number of carbonyl (C=O) groups is 1. The lowest BCUT2D eigenvalue weighted by Crippen LogP contribution is -2.33. The lowest BCUT2D eigenvalue weighted by atomic mass is 10.1. The SMILES string of the molecule is CC(C)CN(Cc1ccc(C(=O)NN)cc1)C(C)C. The van der Waals surface area contributed by atoms with Crippen LogP contribution in [0, 0.1) is 5.92 Å². The van der Waals surface area contributed by atoms with Gasteiger partial charge in [-0.1, -0.05) is 26.0 Å². The normalized spacial score (nSPS) is 11.4. The van der Waals surface area contributed by atoms with Gasteiger partial charge in [-0.05, 0) is 37.5 Å². The zero-order valence-electron chi connectivity index (χ0n) is 12.3. The predicted molar refractivity (Wildman–Crippen MR) is 78.5 cm³/mol. The van der Waals surface area contributed by atoms with Crippen LogP contribution in [-0.2, 0) is 6.54 Å². The average molecular weight is 263 g/mol. The second kappa shape index (κ2) is 7.26. The zero-order chi connectivity index (χ0) is 14.4. The number of nitrogen functional groups attached to an aromatic ring is 1. The van der Waals surface area contributed by atoms with E-state index in [0.717, 1.165) is 13.1 Å². The Morgan fingerprint density at radius 1 is 1.21 bits per heavy atom. The van der Waals surface area contributed by atoms with Crippen LogP contribution >= 0.6 is 0 Å². The second-order valence-electron chi connectivity index (χ2n) is 5.59. The highest BCUT2D eigenvalue weighted by atomic mass is 16.2. The summed E-state index contributed by atoms with van der Waals surface area (Å²) in [5.41, 5.74) is 3.94. The van der Waals surface area contributed by atoms with E-state index in [9.17, 15) is 4.79 Å². The summed E-state index contributed by atoms with van der Waals surface area (Å²) in [6.07, 6.45) is 0. The minimum atomic E-state index is -0.255. The van der Waals surface area contributed by atoms with E-state index in [1.54, 1.807) is 0 Å². The zero-order valence-corrected chi connectivity index (χ0v) is 12.3. The van der Waals surface area contributed by atoms with Crippen LogP contribution in [0.2, 0.25) is 0 Å². The van der Waals surface area contributed by atoms with Gasteiger partial charge in [-0.25, -0.2) is 5.84 Å². The van der Waals surface area contributed by atoms with Crippen LogP contribution in [0.5, 0.6) is 0 Å². The molecular weight excluding hydrogens is 238 g/mol. The summed E-state index contributed by atoms with van der Waals surface area (Å²) in [6, 6.07) is 8.10. The Bertz CT molecular complexity index is 398. The summed E-state index contributed by atoms with van der Waals surface area (Å²) in [5, 5.41) is 0.